The van der Waals surface area contributed by atoms with Gasteiger partial charge in [-0.25, -0.2) is 0 Å². The van der Waals surface area contributed by atoms with Crippen LogP contribution in [0.3, 0.4) is 0 Å². The van der Waals surface area contributed by atoms with Gasteiger partial charge < -0.3 is 0 Å². The quantitative estimate of drug-likeness (QED) is 0.392. The summed E-state index contributed by atoms with van der Waals surface area (Å²) in [4.78, 5) is 26.3. The van der Waals surface area contributed by atoms with Crippen LogP contribution in [0, 0.1) is 0 Å². The zero-order chi connectivity index (χ0) is 17.9. The first-order valence-corrected chi connectivity index (χ1v) is 7.91. The zero-order valence-electron chi connectivity index (χ0n) is 13.8. The van der Waals surface area contributed by atoms with Gasteiger partial charge in [0.1, 0.15) is 12.0 Å². The van der Waals surface area contributed by atoms with E-state index in [1.54, 1.807) is 36.5 Å². The number of ketones is 1. The highest BCUT2D eigenvalue weighted by Gasteiger charge is 2.07. The van der Waals surface area contributed by atoms with Gasteiger partial charge in [-0.2, -0.15) is 0 Å². The molecule has 0 saturated carbocycles. The Balaban J connectivity index is 0.000000186. The van der Waals surface area contributed by atoms with E-state index in [0.29, 0.717) is 11.3 Å². The monoisotopic (exact) mass is 329 g/mol. The van der Waals surface area contributed by atoms with Crippen LogP contribution in [0.1, 0.15) is 32.0 Å². The third-order valence-corrected chi connectivity index (χ3v) is 3.48. The number of aromatic nitrogens is 1. The number of carbonyl (C=O) groups excluding carboxylic acids is 2. The number of carbonyl (C=O) groups is 2. The summed E-state index contributed by atoms with van der Waals surface area (Å²) in [5.41, 5.74) is 2.95. The van der Waals surface area contributed by atoms with Crippen molar-refractivity contribution in [2.24, 2.45) is 0 Å². The Labute approximate surface area is 147 Å². The molecule has 1 aromatic heterocycles. The van der Waals surface area contributed by atoms with Gasteiger partial charge >= 0.3 is 0 Å². The molecule has 0 radical (unpaired) electrons. The number of aldehydes is 1. The van der Waals surface area contributed by atoms with Crippen molar-refractivity contribution in [1.82, 2.24) is 4.98 Å². The normalized spacial score (nSPS) is 9.44. The first-order valence-electron chi connectivity index (χ1n) is 7.91. The van der Waals surface area contributed by atoms with E-state index >= 15 is 0 Å². The number of hydrogen-bond donors (Lipinski definition) is 0. The summed E-state index contributed by atoms with van der Waals surface area (Å²) in [6.07, 6.45) is 5.05. The predicted octanol–water partition coefficient (Wildman–Crippen LogP) is 4.54. The van der Waals surface area contributed by atoms with Crippen molar-refractivity contribution in [2.75, 3.05) is 0 Å². The molecule has 0 aliphatic carbocycles. The lowest BCUT2D eigenvalue weighted by Crippen LogP contribution is -2.02. The molecule has 0 spiro atoms. The molecule has 3 nitrogen and oxygen atoms in total. The van der Waals surface area contributed by atoms with E-state index in [-0.39, 0.29) is 5.78 Å². The topological polar surface area (TPSA) is 47.0 Å². The Bertz CT molecular complexity index is 785. The summed E-state index contributed by atoms with van der Waals surface area (Å²) >= 11 is 0. The average molecular weight is 329 g/mol. The van der Waals surface area contributed by atoms with Gasteiger partial charge in [0.05, 0.1) is 0 Å². The fourth-order valence-electron chi connectivity index (χ4n) is 2.23. The van der Waals surface area contributed by atoms with Crippen molar-refractivity contribution >= 4 is 12.1 Å². The summed E-state index contributed by atoms with van der Waals surface area (Å²) in [5.74, 6) is -0.0359. The standard InChI is InChI=1S/C12H9NO.C10H10O/c14-12(10-6-2-1-3-7-10)11-8-4-5-9-13-11;1-2-5-9-6-3-4-7-10(9)8-11/h1-9H;2-4,6-8H,1,5H2. The van der Waals surface area contributed by atoms with Gasteiger partial charge in [-0.1, -0.05) is 66.7 Å². The van der Waals surface area contributed by atoms with Crippen LogP contribution in [0.2, 0.25) is 0 Å². The maximum atomic E-state index is 11.8. The SMILES string of the molecule is C=CCc1ccccc1C=O.O=C(c1ccccc1)c1ccccn1. The number of allylic oxidation sites excluding steroid dienone is 1. The average Bonchev–Trinajstić information content (AvgIpc) is 2.70. The maximum absolute atomic E-state index is 11.8. The summed E-state index contributed by atoms with van der Waals surface area (Å²) < 4.78 is 0. The van der Waals surface area contributed by atoms with Crippen LogP contribution in [-0.2, 0) is 6.42 Å². The largest absolute Gasteiger partial charge is 0.298 e. The number of pyridine rings is 1. The molecule has 3 rings (SSSR count). The van der Waals surface area contributed by atoms with Gasteiger partial charge in [-0.3, -0.25) is 14.6 Å². The number of nitrogens with zero attached hydrogens (tertiary/aromatic N) is 1. The van der Waals surface area contributed by atoms with Crippen LogP contribution in [-0.4, -0.2) is 17.1 Å². The smallest absolute Gasteiger partial charge is 0.211 e. The van der Waals surface area contributed by atoms with E-state index in [1.807, 2.05) is 48.5 Å². The first-order chi connectivity index (χ1) is 12.3. The summed E-state index contributed by atoms with van der Waals surface area (Å²) in [5, 5.41) is 0. The van der Waals surface area contributed by atoms with Crippen LogP contribution in [0.15, 0.2) is 91.6 Å². The molecule has 0 N–H and O–H groups in total. The first kappa shape index (κ1) is 18.0. The van der Waals surface area contributed by atoms with Crippen LogP contribution < -0.4 is 0 Å². The molecule has 3 aromatic rings. The van der Waals surface area contributed by atoms with Gasteiger partial charge in [0.15, 0.2) is 0 Å². The van der Waals surface area contributed by atoms with Crippen molar-refractivity contribution in [3.8, 4) is 0 Å². The van der Waals surface area contributed by atoms with Crippen LogP contribution >= 0.6 is 0 Å². The second-order valence-corrected chi connectivity index (χ2v) is 5.22. The highest BCUT2D eigenvalue weighted by molar-refractivity contribution is 6.07. The summed E-state index contributed by atoms with van der Waals surface area (Å²) in [6, 6.07) is 22.0. The predicted molar refractivity (Wildman–Crippen MR) is 99.8 cm³/mol. The highest BCUT2D eigenvalue weighted by atomic mass is 16.1. The van der Waals surface area contributed by atoms with Crippen LogP contribution in [0.5, 0.6) is 0 Å². The number of hydrogen-bond acceptors (Lipinski definition) is 3. The van der Waals surface area contributed by atoms with Crippen molar-refractivity contribution in [2.45, 2.75) is 6.42 Å². The molecule has 0 aliphatic rings. The number of benzene rings is 2. The van der Waals surface area contributed by atoms with Crippen LogP contribution in [0.4, 0.5) is 0 Å². The Morgan fingerprint density at radius 1 is 0.920 bits per heavy atom. The minimum Gasteiger partial charge on any atom is -0.298 e. The third-order valence-electron chi connectivity index (χ3n) is 3.48. The van der Waals surface area contributed by atoms with E-state index in [0.717, 1.165) is 23.8 Å². The molecule has 3 heteroatoms. The third kappa shape index (κ3) is 5.36. The van der Waals surface area contributed by atoms with Crippen molar-refractivity contribution in [3.05, 3.63) is 114 Å². The summed E-state index contributed by atoms with van der Waals surface area (Å²) in [7, 11) is 0. The van der Waals surface area contributed by atoms with Gasteiger partial charge in [0.2, 0.25) is 5.78 Å². The van der Waals surface area contributed by atoms with E-state index in [9.17, 15) is 9.59 Å². The minimum atomic E-state index is -0.0359. The molecule has 0 atom stereocenters. The molecule has 0 amide bonds. The number of rotatable bonds is 5. The van der Waals surface area contributed by atoms with Gasteiger partial charge in [-0.05, 0) is 24.1 Å². The highest BCUT2D eigenvalue weighted by Crippen LogP contribution is 2.07. The van der Waals surface area contributed by atoms with Crippen molar-refractivity contribution < 1.29 is 9.59 Å². The zero-order valence-corrected chi connectivity index (χ0v) is 13.8. The van der Waals surface area contributed by atoms with E-state index < -0.39 is 0 Å². The molecule has 2 aromatic carbocycles. The Morgan fingerprint density at radius 3 is 2.24 bits per heavy atom. The Morgan fingerprint density at radius 2 is 1.60 bits per heavy atom. The molecule has 0 saturated heterocycles. The molecule has 1 heterocycles. The molecular formula is C22H19NO2. The van der Waals surface area contributed by atoms with Crippen LogP contribution in [0.25, 0.3) is 0 Å². The second-order valence-electron chi connectivity index (χ2n) is 5.22. The lowest BCUT2D eigenvalue weighted by Gasteiger charge is -1.98. The lowest BCUT2D eigenvalue weighted by molar-refractivity contribution is 0.103. The molecule has 0 aliphatic heterocycles. The molecular weight excluding hydrogens is 310 g/mol. The van der Waals surface area contributed by atoms with Gasteiger partial charge in [-0.15, -0.1) is 6.58 Å². The maximum Gasteiger partial charge on any atom is 0.211 e. The molecule has 0 bridgehead atoms. The minimum absolute atomic E-state index is 0.0359. The van der Waals surface area contributed by atoms with Gasteiger partial charge in [0, 0.05) is 17.3 Å². The molecule has 25 heavy (non-hydrogen) atoms. The Kier molecular flexibility index (Phi) is 7.01. The fraction of sp³-hybridized carbons (Fsp3) is 0.0455. The van der Waals surface area contributed by atoms with E-state index in [4.69, 9.17) is 0 Å². The molecule has 124 valence electrons. The fourth-order valence-corrected chi connectivity index (χ4v) is 2.23. The van der Waals surface area contributed by atoms with Crippen molar-refractivity contribution in [3.63, 3.8) is 0 Å². The molecule has 0 fully saturated rings. The van der Waals surface area contributed by atoms with Crippen molar-refractivity contribution in [1.29, 1.82) is 0 Å². The summed E-state index contributed by atoms with van der Waals surface area (Å²) in [6.45, 7) is 3.62. The lowest BCUT2D eigenvalue weighted by atomic mass is 10.1. The van der Waals surface area contributed by atoms with Gasteiger partial charge in [0.25, 0.3) is 0 Å². The van der Waals surface area contributed by atoms with E-state index in [2.05, 4.69) is 11.6 Å². The van der Waals surface area contributed by atoms with E-state index in [1.165, 1.54) is 0 Å². The Hall–Kier alpha value is -3.33. The molecule has 0 unspecified atom stereocenters. The second kappa shape index (κ2) is 9.73.